The van der Waals surface area contributed by atoms with Gasteiger partial charge in [-0.15, -0.1) is 5.10 Å². The van der Waals surface area contributed by atoms with E-state index in [9.17, 15) is 9.59 Å². The highest BCUT2D eigenvalue weighted by atomic mass is 32.2. The van der Waals surface area contributed by atoms with Crippen molar-refractivity contribution in [1.82, 2.24) is 15.1 Å². The lowest BCUT2D eigenvalue weighted by Gasteiger charge is -2.38. The molecule has 1 N–H and O–H groups in total. The Kier molecular flexibility index (Phi) is 4.31. The van der Waals surface area contributed by atoms with Gasteiger partial charge in [0.05, 0.1) is 17.4 Å². The number of nitrogens with zero attached hydrogens (tertiary/aromatic N) is 3. The molecule has 0 aliphatic carbocycles. The van der Waals surface area contributed by atoms with Crippen molar-refractivity contribution in [2.24, 2.45) is 0 Å². The first-order chi connectivity index (χ1) is 11.4. The van der Waals surface area contributed by atoms with Crippen molar-refractivity contribution in [3.8, 4) is 0 Å². The summed E-state index contributed by atoms with van der Waals surface area (Å²) in [6.07, 6.45) is 0. The first-order valence-corrected chi connectivity index (χ1v) is 8.49. The summed E-state index contributed by atoms with van der Waals surface area (Å²) in [5, 5.41) is 7.89. The molecule has 2 aromatic rings. The van der Waals surface area contributed by atoms with E-state index >= 15 is 0 Å². The Hall–Kier alpha value is -2.35. The van der Waals surface area contributed by atoms with E-state index in [1.165, 1.54) is 16.6 Å². The van der Waals surface area contributed by atoms with Gasteiger partial charge in [-0.1, -0.05) is 42.1 Å². The van der Waals surface area contributed by atoms with E-state index in [2.05, 4.69) is 15.7 Å². The average molecular weight is 346 g/mol. The molecule has 2 heterocycles. The van der Waals surface area contributed by atoms with Crippen LogP contribution in [0.3, 0.4) is 0 Å². The fourth-order valence-corrected chi connectivity index (χ4v) is 3.74. The lowest BCUT2D eigenvalue weighted by atomic mass is 9.94. The van der Waals surface area contributed by atoms with Gasteiger partial charge in [0.15, 0.2) is 10.8 Å². The number of esters is 1. The van der Waals surface area contributed by atoms with Crippen LogP contribution in [0.25, 0.3) is 0 Å². The Morgan fingerprint density at radius 1 is 1.33 bits per heavy atom. The molecule has 0 saturated heterocycles. The van der Waals surface area contributed by atoms with Crippen molar-refractivity contribution in [3.63, 3.8) is 0 Å². The second-order valence-corrected chi connectivity index (χ2v) is 7.03. The van der Waals surface area contributed by atoms with Gasteiger partial charge < -0.3 is 10.2 Å². The van der Waals surface area contributed by atoms with Gasteiger partial charge >= 0.3 is 5.97 Å². The summed E-state index contributed by atoms with van der Waals surface area (Å²) in [4.78, 5) is 26.4. The Morgan fingerprint density at radius 2 is 2.04 bits per heavy atom. The molecule has 0 spiro atoms. The van der Waals surface area contributed by atoms with E-state index < -0.39 is 16.8 Å². The summed E-state index contributed by atoms with van der Waals surface area (Å²) in [6.45, 7) is 5.81. The topological polar surface area (TPSA) is 86.1 Å². The molecule has 7 nitrogen and oxygen atoms in total. The van der Waals surface area contributed by atoms with Crippen LogP contribution in [0.1, 0.15) is 41.6 Å². The molecule has 126 valence electrons. The van der Waals surface area contributed by atoms with Crippen molar-refractivity contribution < 1.29 is 14.3 Å². The van der Waals surface area contributed by atoms with E-state index in [0.717, 1.165) is 0 Å². The van der Waals surface area contributed by atoms with Gasteiger partial charge in [0.1, 0.15) is 0 Å². The first kappa shape index (κ1) is 16.5. The van der Waals surface area contributed by atoms with E-state index in [1.807, 2.05) is 32.0 Å². The minimum absolute atomic E-state index is 0.0136. The molecule has 24 heavy (non-hydrogen) atoms. The fraction of sp³-hybridized carbons (Fsp3) is 0.375. The van der Waals surface area contributed by atoms with Crippen LogP contribution in [0.4, 0.5) is 0 Å². The molecule has 1 aromatic heterocycles. The molecular formula is C16H18N4O3S. The molecule has 8 heteroatoms. The maximum atomic E-state index is 12.9. The number of ether oxygens (including phenoxy) is 1. The number of thioether (sulfide) groups is 1. The summed E-state index contributed by atoms with van der Waals surface area (Å²) >= 11 is 1.28. The van der Waals surface area contributed by atoms with E-state index in [4.69, 9.17) is 4.74 Å². The van der Waals surface area contributed by atoms with Crippen molar-refractivity contribution in [2.75, 3.05) is 12.0 Å². The third-order valence-electron chi connectivity index (χ3n) is 3.67. The van der Waals surface area contributed by atoms with Gasteiger partial charge in [0.25, 0.3) is 0 Å². The first-order valence-electron chi connectivity index (χ1n) is 7.61. The molecule has 1 aromatic carbocycles. The molecule has 0 bridgehead atoms. The number of benzene rings is 1. The number of rotatable bonds is 4. The molecule has 0 fully saturated rings. The quantitative estimate of drug-likeness (QED) is 0.670. The number of fused-ring (bicyclic) bond motifs is 1. The van der Waals surface area contributed by atoms with Crippen molar-refractivity contribution in [1.29, 1.82) is 0 Å². The number of carbonyl (C=O) groups excluding carboxylic acids is 2. The average Bonchev–Trinajstić information content (AvgIpc) is 2.96. The predicted octanol–water partition coefficient (Wildman–Crippen LogP) is 2.13. The maximum absolute atomic E-state index is 12.9. The Morgan fingerprint density at radius 3 is 2.71 bits per heavy atom. The molecule has 3 rings (SSSR count). The van der Waals surface area contributed by atoms with E-state index in [0.29, 0.717) is 10.6 Å². The molecule has 0 saturated carbocycles. The van der Waals surface area contributed by atoms with Gasteiger partial charge in [-0.05, 0) is 26.0 Å². The SMILES string of the molecule is CCOC(=O)c1nnn2c1S[C@H](C(=O)c1ccccc1)C(C)(C)N2. The van der Waals surface area contributed by atoms with Crippen LogP contribution in [0.2, 0.25) is 0 Å². The highest BCUT2D eigenvalue weighted by Crippen LogP contribution is 2.38. The zero-order valence-corrected chi connectivity index (χ0v) is 14.5. The summed E-state index contributed by atoms with van der Waals surface area (Å²) < 4.78 is 5.00. The molecule has 1 aliphatic heterocycles. The van der Waals surface area contributed by atoms with Crippen LogP contribution < -0.4 is 5.43 Å². The zero-order chi connectivity index (χ0) is 17.3. The number of aromatic nitrogens is 3. The van der Waals surface area contributed by atoms with Gasteiger partial charge in [0.2, 0.25) is 5.69 Å². The monoisotopic (exact) mass is 346 g/mol. The smallest absolute Gasteiger partial charge is 0.361 e. The molecule has 1 atom stereocenters. The normalized spacial score (nSPS) is 18.4. The second-order valence-electron chi connectivity index (χ2n) is 5.94. The fourth-order valence-electron chi connectivity index (χ4n) is 2.51. The third-order valence-corrected chi connectivity index (χ3v) is 5.30. The van der Waals surface area contributed by atoms with Crippen LogP contribution >= 0.6 is 11.8 Å². The minimum atomic E-state index is -0.565. The van der Waals surface area contributed by atoms with Crippen LogP contribution in [0.15, 0.2) is 35.4 Å². The number of nitrogens with one attached hydrogen (secondary N) is 1. The van der Waals surface area contributed by atoms with Crippen LogP contribution in [0.5, 0.6) is 0 Å². The van der Waals surface area contributed by atoms with Crippen molar-refractivity contribution >= 4 is 23.5 Å². The summed E-state index contributed by atoms with van der Waals surface area (Å²) in [5.41, 5.74) is 3.33. The number of hydrogen-bond donors (Lipinski definition) is 1. The number of ketones is 1. The lowest BCUT2D eigenvalue weighted by Crippen LogP contribution is -2.53. The van der Waals surface area contributed by atoms with Gasteiger partial charge in [-0.25, -0.2) is 4.79 Å². The van der Waals surface area contributed by atoms with Gasteiger partial charge in [-0.2, -0.15) is 4.79 Å². The lowest BCUT2D eigenvalue weighted by molar-refractivity contribution is 0.0514. The summed E-state index contributed by atoms with van der Waals surface area (Å²) in [5.74, 6) is -0.556. The second kappa shape index (κ2) is 6.27. The third kappa shape index (κ3) is 2.89. The number of Topliss-reactive ketones (excluding diaryl/α,β-unsaturated/α-hetero) is 1. The zero-order valence-electron chi connectivity index (χ0n) is 13.6. The minimum Gasteiger partial charge on any atom is -0.461 e. The van der Waals surface area contributed by atoms with Crippen molar-refractivity contribution in [3.05, 3.63) is 41.6 Å². The van der Waals surface area contributed by atoms with Gasteiger partial charge in [0, 0.05) is 5.56 Å². The van der Waals surface area contributed by atoms with Crippen molar-refractivity contribution in [2.45, 2.75) is 36.6 Å². The summed E-state index contributed by atoms with van der Waals surface area (Å²) in [7, 11) is 0. The molecule has 1 aliphatic rings. The highest BCUT2D eigenvalue weighted by molar-refractivity contribution is 8.00. The predicted molar refractivity (Wildman–Crippen MR) is 89.8 cm³/mol. The molecular weight excluding hydrogens is 328 g/mol. The number of carbonyl (C=O) groups is 2. The van der Waals surface area contributed by atoms with Crippen LogP contribution in [-0.2, 0) is 4.74 Å². The molecule has 0 unspecified atom stereocenters. The van der Waals surface area contributed by atoms with E-state index in [-0.39, 0.29) is 18.1 Å². The number of hydrogen-bond acceptors (Lipinski definition) is 7. The summed E-state index contributed by atoms with van der Waals surface area (Å²) in [6, 6.07) is 9.10. The molecule has 0 amide bonds. The van der Waals surface area contributed by atoms with Gasteiger partial charge in [-0.3, -0.25) is 4.79 Å². The van der Waals surface area contributed by atoms with Crippen LogP contribution in [0, 0.1) is 0 Å². The Bertz CT molecular complexity index is 773. The largest absolute Gasteiger partial charge is 0.461 e. The van der Waals surface area contributed by atoms with E-state index in [1.54, 1.807) is 19.1 Å². The maximum Gasteiger partial charge on any atom is 0.361 e. The van der Waals surface area contributed by atoms with Crippen LogP contribution in [-0.4, -0.2) is 44.3 Å². The highest BCUT2D eigenvalue weighted by Gasteiger charge is 2.43. The standard InChI is InChI=1S/C16H18N4O3S/c1-4-23-15(22)11-14-20(19-17-11)18-16(2,3)13(24-14)12(21)10-8-6-5-7-9-10/h5-9,13,18H,4H2,1-3H3/t13-/m1/s1. The molecule has 0 radical (unpaired) electrons. The Labute approximate surface area is 143 Å². The Balaban J connectivity index is 1.95.